The molecule has 2 rings (SSSR count). The summed E-state index contributed by atoms with van der Waals surface area (Å²) in [6.45, 7) is 3.45. The number of hydrogen-bond donors (Lipinski definition) is 5. The lowest BCUT2D eigenvalue weighted by atomic mass is 10.00. The van der Waals surface area contributed by atoms with Crippen molar-refractivity contribution in [3.05, 3.63) is 42.7 Å². The van der Waals surface area contributed by atoms with E-state index in [0.29, 0.717) is 37.9 Å². The van der Waals surface area contributed by atoms with Crippen LogP contribution >= 0.6 is 0 Å². The number of nitrogens with two attached hydrogens (primary N) is 1. The van der Waals surface area contributed by atoms with Gasteiger partial charge in [-0.1, -0.05) is 24.8 Å². The number of amides is 2. The molecular weight excluding hydrogens is 438 g/mol. The van der Waals surface area contributed by atoms with Gasteiger partial charge in [-0.3, -0.25) is 9.59 Å². The molecule has 1 heterocycles. The number of likely N-dealkylation sites (tertiary alicyclic amines) is 1. The lowest BCUT2D eigenvalue weighted by Gasteiger charge is -2.41. The van der Waals surface area contributed by atoms with Crippen molar-refractivity contribution in [3.8, 4) is 0 Å². The summed E-state index contributed by atoms with van der Waals surface area (Å²) in [6.07, 6.45) is 1.90. The van der Waals surface area contributed by atoms with E-state index in [9.17, 15) is 27.9 Å². The highest BCUT2D eigenvalue weighted by atomic mass is 32.2. The van der Waals surface area contributed by atoms with E-state index in [2.05, 4.69) is 21.9 Å². The van der Waals surface area contributed by atoms with Crippen LogP contribution in [0.4, 0.5) is 0 Å². The third kappa shape index (κ3) is 6.77. The molecule has 2 amide bonds. The molecule has 1 aromatic rings. The monoisotopic (exact) mass is 467 g/mol. The van der Waals surface area contributed by atoms with Crippen molar-refractivity contribution in [2.24, 2.45) is 5.73 Å². The molecule has 11 nitrogen and oxygen atoms in total. The van der Waals surface area contributed by atoms with Crippen LogP contribution in [0.3, 0.4) is 0 Å². The summed E-state index contributed by atoms with van der Waals surface area (Å²) in [5.74, 6) is -0.922. The van der Waals surface area contributed by atoms with Crippen molar-refractivity contribution in [1.82, 2.24) is 20.3 Å². The van der Waals surface area contributed by atoms with Gasteiger partial charge in [-0.25, -0.2) is 8.42 Å². The van der Waals surface area contributed by atoms with Crippen molar-refractivity contribution in [3.63, 3.8) is 0 Å². The third-order valence-electron chi connectivity index (χ3n) is 4.97. The Bertz CT molecular complexity index is 924. The molecule has 3 atom stereocenters. The van der Waals surface area contributed by atoms with Crippen LogP contribution in [0.5, 0.6) is 0 Å². The van der Waals surface area contributed by atoms with Gasteiger partial charge in [0.2, 0.25) is 21.8 Å². The maximum Gasteiger partial charge on any atom is 0.243 e. The molecule has 176 valence electrons. The first kappa shape index (κ1) is 25.3. The Labute approximate surface area is 187 Å². The molecule has 6 N–H and O–H groups in total. The first-order chi connectivity index (χ1) is 15.2. The average molecular weight is 468 g/mol. The predicted octanol–water partition coefficient (Wildman–Crippen LogP) is -1.59. The van der Waals surface area contributed by atoms with Crippen molar-refractivity contribution in [2.75, 3.05) is 19.7 Å². The molecule has 32 heavy (non-hydrogen) atoms. The van der Waals surface area contributed by atoms with E-state index in [1.54, 1.807) is 6.07 Å². The fraction of sp³-hybridized carbons (Fsp3) is 0.450. The lowest BCUT2D eigenvalue weighted by Crippen LogP contribution is -2.63. The van der Waals surface area contributed by atoms with E-state index in [1.807, 2.05) is 0 Å². The largest absolute Gasteiger partial charge is 0.394 e. The molecule has 0 bridgehead atoms. The highest BCUT2D eigenvalue weighted by Gasteiger charge is 2.41. The minimum Gasteiger partial charge on any atom is -0.394 e. The minimum atomic E-state index is -4.04. The Morgan fingerprint density at radius 2 is 2.00 bits per heavy atom. The summed E-state index contributed by atoms with van der Waals surface area (Å²) in [5.41, 5.74) is 5.40. The SMILES string of the molecule is C=C(N)NCCCC(C=O)NC(=O)C1CCN1C(=O)C(CO)NS(=O)(=O)c1ccccc1. The number of nitrogens with zero attached hydrogens (tertiary/aromatic N) is 1. The molecule has 0 aliphatic carbocycles. The molecule has 12 heteroatoms. The van der Waals surface area contributed by atoms with Gasteiger partial charge >= 0.3 is 0 Å². The van der Waals surface area contributed by atoms with Crippen LogP contribution in [0, 0.1) is 0 Å². The molecule has 0 spiro atoms. The molecule has 1 aliphatic rings. The predicted molar refractivity (Wildman–Crippen MR) is 116 cm³/mol. The number of carbonyl (C=O) groups is 3. The fourth-order valence-corrected chi connectivity index (χ4v) is 4.37. The van der Waals surface area contributed by atoms with Gasteiger partial charge in [0, 0.05) is 13.1 Å². The van der Waals surface area contributed by atoms with Crippen LogP contribution < -0.4 is 21.1 Å². The Kier molecular flexibility index (Phi) is 9.17. The van der Waals surface area contributed by atoms with Gasteiger partial charge in [0.1, 0.15) is 18.4 Å². The Morgan fingerprint density at radius 1 is 1.31 bits per heavy atom. The number of aldehydes is 1. The molecule has 1 aliphatic heterocycles. The molecule has 0 aromatic heterocycles. The van der Waals surface area contributed by atoms with E-state index >= 15 is 0 Å². The third-order valence-corrected chi connectivity index (χ3v) is 6.46. The van der Waals surface area contributed by atoms with E-state index in [0.717, 1.165) is 0 Å². The number of carbonyl (C=O) groups excluding carboxylic acids is 3. The summed E-state index contributed by atoms with van der Waals surface area (Å²) in [4.78, 5) is 37.8. The highest BCUT2D eigenvalue weighted by molar-refractivity contribution is 7.89. The van der Waals surface area contributed by atoms with Crippen molar-refractivity contribution in [1.29, 1.82) is 0 Å². The van der Waals surface area contributed by atoms with Crippen molar-refractivity contribution in [2.45, 2.75) is 42.3 Å². The molecule has 1 aromatic carbocycles. The highest BCUT2D eigenvalue weighted by Crippen LogP contribution is 2.20. The quantitative estimate of drug-likeness (QED) is 0.171. The minimum absolute atomic E-state index is 0.0503. The van der Waals surface area contributed by atoms with E-state index in [-0.39, 0.29) is 11.4 Å². The van der Waals surface area contributed by atoms with Crippen LogP contribution in [0.25, 0.3) is 0 Å². The van der Waals surface area contributed by atoms with Gasteiger partial charge in [-0.15, -0.1) is 0 Å². The first-order valence-corrected chi connectivity index (χ1v) is 11.6. The summed E-state index contributed by atoms with van der Waals surface area (Å²) in [5, 5.41) is 15.0. The second-order valence-corrected chi connectivity index (χ2v) is 9.06. The van der Waals surface area contributed by atoms with Gasteiger partial charge in [-0.2, -0.15) is 4.72 Å². The Balaban J connectivity index is 1.94. The lowest BCUT2D eigenvalue weighted by molar-refractivity contribution is -0.149. The maximum atomic E-state index is 12.8. The molecule has 0 radical (unpaired) electrons. The first-order valence-electron chi connectivity index (χ1n) is 10.1. The van der Waals surface area contributed by atoms with E-state index in [4.69, 9.17) is 5.73 Å². The number of aliphatic hydroxyl groups excluding tert-OH is 1. The molecule has 1 saturated heterocycles. The summed E-state index contributed by atoms with van der Waals surface area (Å²) >= 11 is 0. The van der Waals surface area contributed by atoms with Gasteiger partial charge in [0.15, 0.2) is 0 Å². The van der Waals surface area contributed by atoms with Crippen LogP contribution in [0.15, 0.2) is 47.6 Å². The Hall–Kier alpha value is -2.96. The molecule has 3 unspecified atom stereocenters. The normalized spacial score (nSPS) is 17.5. The molecule has 0 saturated carbocycles. The average Bonchev–Trinajstić information content (AvgIpc) is 2.73. The van der Waals surface area contributed by atoms with Crippen LogP contribution in [-0.4, -0.2) is 74.3 Å². The summed E-state index contributed by atoms with van der Waals surface area (Å²) in [7, 11) is -4.04. The number of nitrogens with one attached hydrogen (secondary N) is 3. The van der Waals surface area contributed by atoms with Crippen LogP contribution in [-0.2, 0) is 24.4 Å². The van der Waals surface area contributed by atoms with Crippen molar-refractivity contribution < 1.29 is 27.9 Å². The van der Waals surface area contributed by atoms with Crippen LogP contribution in [0.1, 0.15) is 19.3 Å². The van der Waals surface area contributed by atoms with Gasteiger partial charge < -0.3 is 31.2 Å². The molecule has 1 fully saturated rings. The van der Waals surface area contributed by atoms with Gasteiger partial charge in [0.25, 0.3) is 0 Å². The number of benzene rings is 1. The summed E-state index contributed by atoms with van der Waals surface area (Å²) < 4.78 is 27.1. The summed E-state index contributed by atoms with van der Waals surface area (Å²) in [6, 6.07) is 4.42. The topological polar surface area (TPSA) is 171 Å². The molecular formula is C20H29N5O6S. The smallest absolute Gasteiger partial charge is 0.243 e. The van der Waals surface area contributed by atoms with Gasteiger partial charge in [-0.05, 0) is 31.4 Å². The number of aliphatic hydroxyl groups is 1. The zero-order valence-corrected chi connectivity index (χ0v) is 18.4. The van der Waals surface area contributed by atoms with E-state index < -0.39 is 46.6 Å². The van der Waals surface area contributed by atoms with Crippen molar-refractivity contribution >= 4 is 28.1 Å². The zero-order valence-electron chi connectivity index (χ0n) is 17.6. The zero-order chi connectivity index (χ0) is 23.7. The standard InChI is InChI=1S/C20H29N5O6S/c1-14(21)22-10-5-6-15(12-26)23-19(28)18-9-11-25(18)20(29)17(13-27)24-32(30,31)16-7-3-2-4-8-16/h2-4,7-8,12,15,17-18,22,24,27H,1,5-6,9-11,13,21H2,(H,23,28). The number of hydrogen-bond acceptors (Lipinski definition) is 8. The fourth-order valence-electron chi connectivity index (χ4n) is 3.17. The maximum absolute atomic E-state index is 12.8. The number of sulfonamides is 1. The Morgan fingerprint density at radius 3 is 2.53 bits per heavy atom. The second kappa shape index (κ2) is 11.6. The number of rotatable bonds is 13. The van der Waals surface area contributed by atoms with E-state index in [1.165, 1.54) is 29.2 Å². The van der Waals surface area contributed by atoms with Gasteiger partial charge in [0.05, 0.1) is 23.4 Å². The second-order valence-electron chi connectivity index (χ2n) is 7.35. The van der Waals surface area contributed by atoms with Crippen LogP contribution in [0.2, 0.25) is 0 Å².